The van der Waals surface area contributed by atoms with Crippen molar-refractivity contribution in [2.75, 3.05) is 0 Å². The van der Waals surface area contributed by atoms with Crippen LogP contribution in [0, 0.1) is 34.5 Å². The van der Waals surface area contributed by atoms with Gasteiger partial charge in [0.25, 0.3) is 0 Å². The molecule has 2 rings (SSSR count). The van der Waals surface area contributed by atoms with Crippen LogP contribution in [0.15, 0.2) is 0 Å². The molecule has 0 aliphatic heterocycles. The Labute approximate surface area is 164 Å². The second kappa shape index (κ2) is 12.0. The van der Waals surface area contributed by atoms with Gasteiger partial charge in [-0.05, 0) is 62.7 Å². The molecular weight excluding hydrogens is 314 g/mol. The number of hydrogen-bond acceptors (Lipinski definition) is 1. The third-order valence-electron chi connectivity index (χ3n) is 7.76. The third-order valence-corrected chi connectivity index (χ3v) is 7.76. The Morgan fingerprint density at radius 1 is 0.731 bits per heavy atom. The van der Waals surface area contributed by atoms with E-state index in [2.05, 4.69) is 19.9 Å². The van der Waals surface area contributed by atoms with E-state index in [0.717, 1.165) is 17.8 Å². The fourth-order valence-electron chi connectivity index (χ4n) is 5.78. The van der Waals surface area contributed by atoms with E-state index in [9.17, 15) is 5.26 Å². The maximum Gasteiger partial charge on any atom is 0.0689 e. The first-order valence-corrected chi connectivity index (χ1v) is 12.1. The van der Waals surface area contributed by atoms with E-state index in [4.69, 9.17) is 0 Å². The SMILES string of the molecule is CCCCCCC[C@]1(C#N)CC[C@@H](C2CCC(CCCCC)CC2)CC1. The number of nitriles is 1. The highest BCUT2D eigenvalue weighted by molar-refractivity contribution is 5.02. The van der Waals surface area contributed by atoms with Gasteiger partial charge in [-0.2, -0.15) is 5.26 Å². The highest BCUT2D eigenvalue weighted by Crippen LogP contribution is 2.47. The molecule has 2 saturated carbocycles. The smallest absolute Gasteiger partial charge is 0.0689 e. The molecule has 1 heteroatoms. The van der Waals surface area contributed by atoms with E-state index in [1.54, 1.807) is 0 Å². The van der Waals surface area contributed by atoms with E-state index in [1.807, 2.05) is 0 Å². The first-order chi connectivity index (χ1) is 12.7. The molecule has 0 heterocycles. The molecule has 0 saturated heterocycles. The highest BCUT2D eigenvalue weighted by atomic mass is 14.4. The normalized spacial score (nSPS) is 32.3. The lowest BCUT2D eigenvalue weighted by Crippen LogP contribution is -2.31. The average molecular weight is 360 g/mol. The van der Waals surface area contributed by atoms with Crippen molar-refractivity contribution in [1.29, 1.82) is 5.26 Å². The zero-order valence-electron chi connectivity index (χ0n) is 17.9. The first-order valence-electron chi connectivity index (χ1n) is 12.1. The predicted octanol–water partition coefficient (Wildman–Crippen LogP) is 8.43. The molecule has 0 radical (unpaired) electrons. The molecule has 2 fully saturated rings. The second-order valence-corrected chi connectivity index (χ2v) is 9.67. The van der Waals surface area contributed by atoms with Gasteiger partial charge in [0.15, 0.2) is 0 Å². The number of unbranched alkanes of at least 4 members (excludes halogenated alkanes) is 6. The lowest BCUT2D eigenvalue weighted by Gasteiger charge is -2.41. The maximum atomic E-state index is 9.83. The molecule has 150 valence electrons. The van der Waals surface area contributed by atoms with Gasteiger partial charge in [0.2, 0.25) is 0 Å². The lowest BCUT2D eigenvalue weighted by atomic mass is 9.63. The molecule has 0 unspecified atom stereocenters. The van der Waals surface area contributed by atoms with Crippen LogP contribution in [0.4, 0.5) is 0 Å². The summed E-state index contributed by atoms with van der Waals surface area (Å²) in [6, 6.07) is 2.77. The number of rotatable bonds is 11. The lowest BCUT2D eigenvalue weighted by molar-refractivity contribution is 0.114. The van der Waals surface area contributed by atoms with Crippen molar-refractivity contribution < 1.29 is 0 Å². The van der Waals surface area contributed by atoms with Crippen LogP contribution in [0.3, 0.4) is 0 Å². The molecule has 0 aromatic carbocycles. The summed E-state index contributed by atoms with van der Waals surface area (Å²) in [6.45, 7) is 4.59. The Morgan fingerprint density at radius 3 is 1.92 bits per heavy atom. The van der Waals surface area contributed by atoms with Crippen LogP contribution < -0.4 is 0 Å². The predicted molar refractivity (Wildman–Crippen MR) is 113 cm³/mol. The summed E-state index contributed by atoms with van der Waals surface area (Å²) < 4.78 is 0. The summed E-state index contributed by atoms with van der Waals surface area (Å²) in [4.78, 5) is 0. The molecule has 0 bridgehead atoms. The molecule has 0 aromatic rings. The van der Waals surface area contributed by atoms with Gasteiger partial charge in [-0.3, -0.25) is 0 Å². The summed E-state index contributed by atoms with van der Waals surface area (Å²) >= 11 is 0. The van der Waals surface area contributed by atoms with Crippen LogP contribution in [0.5, 0.6) is 0 Å². The van der Waals surface area contributed by atoms with Gasteiger partial charge in [-0.25, -0.2) is 0 Å². The Morgan fingerprint density at radius 2 is 1.31 bits per heavy atom. The van der Waals surface area contributed by atoms with Crippen molar-refractivity contribution in [3.8, 4) is 6.07 Å². The summed E-state index contributed by atoms with van der Waals surface area (Å²) in [5.74, 6) is 2.95. The Balaban J connectivity index is 1.66. The quantitative estimate of drug-likeness (QED) is 0.339. The Kier molecular flexibility index (Phi) is 10.1. The summed E-state index contributed by atoms with van der Waals surface area (Å²) in [7, 11) is 0. The standard InChI is InChI=1S/C25H45N/c1-3-5-7-8-10-18-25(21-26)19-16-24(17-20-25)23-14-12-22(13-15-23)11-9-6-4-2/h22-24H,3-20H2,1-2H3/t22?,23?,24-,25+. The molecule has 2 aliphatic carbocycles. The summed E-state index contributed by atoms with van der Waals surface area (Å²) in [5, 5.41) is 9.83. The fourth-order valence-corrected chi connectivity index (χ4v) is 5.78. The third kappa shape index (κ3) is 6.90. The monoisotopic (exact) mass is 359 g/mol. The van der Waals surface area contributed by atoms with Crippen LogP contribution >= 0.6 is 0 Å². The van der Waals surface area contributed by atoms with Crippen LogP contribution in [-0.2, 0) is 0 Å². The van der Waals surface area contributed by atoms with Gasteiger partial charge in [-0.15, -0.1) is 0 Å². The van der Waals surface area contributed by atoms with Gasteiger partial charge in [0, 0.05) is 0 Å². The van der Waals surface area contributed by atoms with Gasteiger partial charge < -0.3 is 0 Å². The molecule has 1 nitrogen and oxygen atoms in total. The van der Waals surface area contributed by atoms with Crippen molar-refractivity contribution in [2.45, 2.75) is 129 Å². The molecule has 0 aromatic heterocycles. The van der Waals surface area contributed by atoms with Crippen molar-refractivity contribution in [2.24, 2.45) is 23.2 Å². The van der Waals surface area contributed by atoms with Crippen molar-refractivity contribution in [1.82, 2.24) is 0 Å². The molecule has 2 aliphatic rings. The minimum absolute atomic E-state index is 0.0417. The fraction of sp³-hybridized carbons (Fsp3) is 0.960. The number of hydrogen-bond donors (Lipinski definition) is 0. The van der Waals surface area contributed by atoms with Crippen molar-refractivity contribution >= 4 is 0 Å². The van der Waals surface area contributed by atoms with Crippen molar-refractivity contribution in [3.63, 3.8) is 0 Å². The van der Waals surface area contributed by atoms with Crippen LogP contribution in [0.25, 0.3) is 0 Å². The zero-order chi connectivity index (χ0) is 18.7. The Hall–Kier alpha value is -0.510. The van der Waals surface area contributed by atoms with Gasteiger partial charge in [-0.1, -0.05) is 84.5 Å². The van der Waals surface area contributed by atoms with Gasteiger partial charge in [0.1, 0.15) is 0 Å². The highest BCUT2D eigenvalue weighted by Gasteiger charge is 2.38. The van der Waals surface area contributed by atoms with Gasteiger partial charge in [0.05, 0.1) is 11.5 Å². The topological polar surface area (TPSA) is 23.8 Å². The Bertz CT molecular complexity index is 391. The van der Waals surface area contributed by atoms with Crippen LogP contribution in [0.1, 0.15) is 129 Å². The molecule has 0 amide bonds. The largest absolute Gasteiger partial charge is 0.198 e. The molecule has 0 spiro atoms. The van der Waals surface area contributed by atoms with Crippen molar-refractivity contribution in [3.05, 3.63) is 0 Å². The summed E-state index contributed by atoms with van der Waals surface area (Å²) in [6.07, 6.45) is 24.6. The van der Waals surface area contributed by atoms with E-state index >= 15 is 0 Å². The van der Waals surface area contributed by atoms with Crippen LogP contribution in [-0.4, -0.2) is 0 Å². The van der Waals surface area contributed by atoms with E-state index in [0.29, 0.717) is 0 Å². The minimum atomic E-state index is 0.0417. The zero-order valence-corrected chi connectivity index (χ0v) is 17.9. The molecular formula is C25H45N. The first kappa shape index (κ1) is 21.8. The average Bonchev–Trinajstić information content (AvgIpc) is 2.69. The van der Waals surface area contributed by atoms with Gasteiger partial charge >= 0.3 is 0 Å². The number of nitrogens with zero attached hydrogens (tertiary/aromatic N) is 1. The minimum Gasteiger partial charge on any atom is -0.198 e. The molecule has 26 heavy (non-hydrogen) atoms. The maximum absolute atomic E-state index is 9.83. The second-order valence-electron chi connectivity index (χ2n) is 9.67. The van der Waals surface area contributed by atoms with E-state index in [1.165, 1.54) is 116 Å². The van der Waals surface area contributed by atoms with E-state index in [-0.39, 0.29) is 5.41 Å². The molecule has 0 N–H and O–H groups in total. The van der Waals surface area contributed by atoms with E-state index < -0.39 is 0 Å². The van der Waals surface area contributed by atoms with Crippen LogP contribution in [0.2, 0.25) is 0 Å². The molecule has 0 atom stereocenters. The summed E-state index contributed by atoms with van der Waals surface area (Å²) in [5.41, 5.74) is 0.0417.